The Balaban J connectivity index is 1.49. The van der Waals surface area contributed by atoms with Crippen LogP contribution in [0.15, 0.2) is 48.8 Å². The number of aromatic amines is 1. The van der Waals surface area contributed by atoms with E-state index in [1.54, 1.807) is 12.4 Å². The summed E-state index contributed by atoms with van der Waals surface area (Å²) in [5.41, 5.74) is 2.70. The van der Waals surface area contributed by atoms with E-state index in [4.69, 9.17) is 0 Å². The summed E-state index contributed by atoms with van der Waals surface area (Å²) in [5.74, 6) is 0.181. The largest absolute Gasteiger partial charge is 0.481 e. The molecule has 2 N–H and O–H groups in total. The highest BCUT2D eigenvalue weighted by molar-refractivity contribution is 5.79. The minimum Gasteiger partial charge on any atom is -0.481 e. The number of fused-ring (bicyclic) bond motifs is 1. The van der Waals surface area contributed by atoms with Crippen LogP contribution in [0.3, 0.4) is 0 Å². The molecule has 4 rings (SSSR count). The molecule has 1 aliphatic heterocycles. The number of aromatic nitrogens is 3. The number of carboxylic acids is 1. The monoisotopic (exact) mass is 392 g/mol. The van der Waals surface area contributed by atoms with Crippen LogP contribution < -0.4 is 0 Å². The third kappa shape index (κ3) is 4.62. The third-order valence-electron chi connectivity index (χ3n) is 5.67. The number of nitrogens with zero attached hydrogens (tertiary/aromatic N) is 3. The van der Waals surface area contributed by atoms with Gasteiger partial charge in [0.1, 0.15) is 5.82 Å². The molecule has 0 saturated carbocycles. The first-order valence-electron chi connectivity index (χ1n) is 9.90. The number of benzene rings is 1. The number of carboxylic acid groups (broad SMARTS) is 1. The first-order valence-corrected chi connectivity index (χ1v) is 9.90. The molecule has 1 fully saturated rings. The molecule has 1 amide bonds. The fourth-order valence-electron chi connectivity index (χ4n) is 4.17. The lowest BCUT2D eigenvalue weighted by atomic mass is 9.81. The summed E-state index contributed by atoms with van der Waals surface area (Å²) in [5, 5.41) is 9.32. The first kappa shape index (κ1) is 19.1. The van der Waals surface area contributed by atoms with E-state index in [9.17, 15) is 14.7 Å². The van der Waals surface area contributed by atoms with Crippen molar-refractivity contribution in [1.82, 2.24) is 19.9 Å². The van der Waals surface area contributed by atoms with Gasteiger partial charge in [0.15, 0.2) is 0 Å². The van der Waals surface area contributed by atoms with E-state index >= 15 is 0 Å². The number of H-pyrrole nitrogens is 1. The second kappa shape index (κ2) is 8.43. The van der Waals surface area contributed by atoms with Gasteiger partial charge in [-0.25, -0.2) is 4.98 Å². The van der Waals surface area contributed by atoms with Crippen molar-refractivity contribution in [3.05, 3.63) is 60.2 Å². The van der Waals surface area contributed by atoms with Crippen molar-refractivity contribution in [2.24, 2.45) is 11.8 Å². The van der Waals surface area contributed by atoms with E-state index < -0.39 is 5.97 Å². The van der Waals surface area contributed by atoms with Crippen LogP contribution in [0.2, 0.25) is 0 Å². The summed E-state index contributed by atoms with van der Waals surface area (Å²) in [4.78, 5) is 38.0. The van der Waals surface area contributed by atoms with E-state index in [-0.39, 0.29) is 24.2 Å². The molecule has 7 nitrogen and oxygen atoms in total. The lowest BCUT2D eigenvalue weighted by molar-refractivity contribution is -0.139. The Bertz CT molecular complexity index is 968. The zero-order chi connectivity index (χ0) is 20.2. The van der Waals surface area contributed by atoms with Crippen molar-refractivity contribution in [3.63, 3.8) is 0 Å². The van der Waals surface area contributed by atoms with Crippen LogP contribution in [-0.2, 0) is 22.4 Å². The highest BCUT2D eigenvalue weighted by Crippen LogP contribution is 2.30. The zero-order valence-corrected chi connectivity index (χ0v) is 16.1. The predicted octanol–water partition coefficient (Wildman–Crippen LogP) is 2.68. The highest BCUT2D eigenvalue weighted by Gasteiger charge is 2.33. The van der Waals surface area contributed by atoms with Gasteiger partial charge in [0, 0.05) is 32.1 Å². The number of imidazole rings is 1. The van der Waals surface area contributed by atoms with Crippen LogP contribution in [0.25, 0.3) is 11.0 Å². The zero-order valence-electron chi connectivity index (χ0n) is 16.1. The summed E-state index contributed by atoms with van der Waals surface area (Å²) in [7, 11) is 0. The maximum Gasteiger partial charge on any atom is 0.303 e. The minimum absolute atomic E-state index is 0.0274. The second-order valence-corrected chi connectivity index (χ2v) is 7.69. The maximum absolute atomic E-state index is 12.8. The fourth-order valence-corrected chi connectivity index (χ4v) is 4.17. The molecule has 0 radical (unpaired) electrons. The van der Waals surface area contributed by atoms with Crippen LogP contribution in [0.1, 0.15) is 24.2 Å². The number of rotatable bonds is 6. The smallest absolute Gasteiger partial charge is 0.303 e. The Morgan fingerprint density at radius 2 is 2.00 bits per heavy atom. The van der Waals surface area contributed by atoms with Gasteiger partial charge in [-0.15, -0.1) is 0 Å². The Morgan fingerprint density at radius 3 is 2.76 bits per heavy atom. The Hall–Kier alpha value is -3.22. The SMILES string of the molecule is O=C(O)CC1CCN(C(=O)Cc2ccccc2)CC1Cc1nc2ccncc2[nH]1. The van der Waals surface area contributed by atoms with Crippen LogP contribution in [0, 0.1) is 11.8 Å². The Morgan fingerprint density at radius 1 is 1.17 bits per heavy atom. The van der Waals surface area contributed by atoms with Crippen LogP contribution in [-0.4, -0.2) is 49.9 Å². The molecule has 3 heterocycles. The summed E-state index contributed by atoms with van der Waals surface area (Å²) in [6.07, 6.45) is 5.23. The average Bonchev–Trinajstić information content (AvgIpc) is 3.12. The number of carbonyl (C=O) groups excluding carboxylic acids is 1. The molecule has 2 unspecified atom stereocenters. The van der Waals surface area contributed by atoms with E-state index in [1.165, 1.54) is 0 Å². The van der Waals surface area contributed by atoms with E-state index in [2.05, 4.69) is 15.0 Å². The van der Waals surface area contributed by atoms with Gasteiger partial charge in [0.2, 0.25) is 5.91 Å². The van der Waals surface area contributed by atoms with Gasteiger partial charge in [0.05, 0.1) is 23.7 Å². The highest BCUT2D eigenvalue weighted by atomic mass is 16.4. The van der Waals surface area contributed by atoms with Gasteiger partial charge in [-0.05, 0) is 29.9 Å². The molecule has 0 aliphatic carbocycles. The van der Waals surface area contributed by atoms with E-state index in [0.717, 1.165) is 22.4 Å². The van der Waals surface area contributed by atoms with Crippen LogP contribution >= 0.6 is 0 Å². The van der Waals surface area contributed by atoms with Crippen molar-refractivity contribution in [1.29, 1.82) is 0 Å². The molecule has 0 spiro atoms. The molecule has 29 heavy (non-hydrogen) atoms. The number of hydrogen-bond acceptors (Lipinski definition) is 4. The number of nitrogens with one attached hydrogen (secondary N) is 1. The number of likely N-dealkylation sites (tertiary alicyclic amines) is 1. The van der Waals surface area contributed by atoms with Crippen molar-refractivity contribution in [3.8, 4) is 0 Å². The fraction of sp³-hybridized carbons (Fsp3) is 0.364. The molecule has 0 bridgehead atoms. The summed E-state index contributed by atoms with van der Waals surface area (Å²) >= 11 is 0. The molecule has 1 aliphatic rings. The molecule has 2 atom stereocenters. The van der Waals surface area contributed by atoms with Crippen LogP contribution in [0.5, 0.6) is 0 Å². The molecular formula is C22H24N4O3. The number of aliphatic carboxylic acids is 1. The van der Waals surface area contributed by atoms with Gasteiger partial charge in [-0.3, -0.25) is 14.6 Å². The van der Waals surface area contributed by atoms with Gasteiger partial charge < -0.3 is 15.0 Å². The molecule has 1 saturated heterocycles. The number of hydrogen-bond donors (Lipinski definition) is 2. The molecule has 3 aromatic rings. The summed E-state index contributed by atoms with van der Waals surface area (Å²) in [6, 6.07) is 11.6. The Kier molecular flexibility index (Phi) is 5.55. The molecule has 7 heteroatoms. The van der Waals surface area contributed by atoms with Gasteiger partial charge >= 0.3 is 5.97 Å². The maximum atomic E-state index is 12.8. The van der Waals surface area contributed by atoms with Crippen molar-refractivity contribution >= 4 is 22.9 Å². The number of carbonyl (C=O) groups is 2. The van der Waals surface area contributed by atoms with E-state index in [0.29, 0.717) is 32.4 Å². The van der Waals surface area contributed by atoms with Crippen molar-refractivity contribution < 1.29 is 14.7 Å². The lowest BCUT2D eigenvalue weighted by Crippen LogP contribution is -2.45. The van der Waals surface area contributed by atoms with Crippen LogP contribution in [0.4, 0.5) is 0 Å². The summed E-state index contributed by atoms with van der Waals surface area (Å²) in [6.45, 7) is 1.16. The second-order valence-electron chi connectivity index (χ2n) is 7.69. The summed E-state index contributed by atoms with van der Waals surface area (Å²) < 4.78 is 0. The minimum atomic E-state index is -0.794. The standard InChI is InChI=1S/C22H24N4O3/c27-21(10-15-4-2-1-3-5-15)26-9-7-16(12-22(28)29)17(14-26)11-20-24-18-6-8-23-13-19(18)25-20/h1-6,8,13,16-17H,7,9-12,14H2,(H,24,25)(H,28,29). The predicted molar refractivity (Wildman–Crippen MR) is 108 cm³/mol. The average molecular weight is 392 g/mol. The molecule has 150 valence electrons. The quantitative estimate of drug-likeness (QED) is 0.672. The third-order valence-corrected chi connectivity index (χ3v) is 5.67. The normalized spacial score (nSPS) is 19.4. The van der Waals surface area contributed by atoms with Gasteiger partial charge in [-0.2, -0.15) is 0 Å². The van der Waals surface area contributed by atoms with Crippen molar-refractivity contribution in [2.45, 2.75) is 25.7 Å². The van der Waals surface area contributed by atoms with Gasteiger partial charge in [0.25, 0.3) is 0 Å². The van der Waals surface area contributed by atoms with Crippen molar-refractivity contribution in [2.75, 3.05) is 13.1 Å². The van der Waals surface area contributed by atoms with Gasteiger partial charge in [-0.1, -0.05) is 30.3 Å². The first-order chi connectivity index (χ1) is 14.1. The lowest BCUT2D eigenvalue weighted by Gasteiger charge is -2.38. The number of piperidine rings is 1. The number of amides is 1. The Labute approximate surface area is 168 Å². The topological polar surface area (TPSA) is 99.2 Å². The molecule has 1 aromatic carbocycles. The molecule has 2 aromatic heterocycles. The number of pyridine rings is 1. The molecular weight excluding hydrogens is 368 g/mol. The van der Waals surface area contributed by atoms with E-state index in [1.807, 2.05) is 41.3 Å².